The SMILES string of the molecule is C[C@@H]1C[C@H]1C(=O)Nc1ccccc1Cc1ccccc1. The fourth-order valence-electron chi connectivity index (χ4n) is 2.53. The predicted molar refractivity (Wildman–Crippen MR) is 81.6 cm³/mol. The summed E-state index contributed by atoms with van der Waals surface area (Å²) in [6.45, 7) is 2.13. The van der Waals surface area contributed by atoms with Gasteiger partial charge in [-0.1, -0.05) is 55.5 Å². The van der Waals surface area contributed by atoms with E-state index in [1.54, 1.807) is 0 Å². The van der Waals surface area contributed by atoms with Crippen LogP contribution in [0, 0.1) is 11.8 Å². The van der Waals surface area contributed by atoms with E-state index < -0.39 is 0 Å². The summed E-state index contributed by atoms with van der Waals surface area (Å²) in [6.07, 6.45) is 1.87. The quantitative estimate of drug-likeness (QED) is 0.893. The van der Waals surface area contributed by atoms with Crippen LogP contribution in [-0.2, 0) is 11.2 Å². The first-order chi connectivity index (χ1) is 9.74. The summed E-state index contributed by atoms with van der Waals surface area (Å²) in [6, 6.07) is 18.4. The lowest BCUT2D eigenvalue weighted by molar-refractivity contribution is -0.117. The van der Waals surface area contributed by atoms with Crippen molar-refractivity contribution in [3.63, 3.8) is 0 Å². The second-order valence-corrected chi connectivity index (χ2v) is 5.63. The molecule has 1 N–H and O–H groups in total. The molecule has 2 aromatic carbocycles. The average Bonchev–Trinajstić information content (AvgIpc) is 3.19. The van der Waals surface area contributed by atoms with Crippen LogP contribution in [0.1, 0.15) is 24.5 Å². The molecular formula is C18H19NO. The maximum Gasteiger partial charge on any atom is 0.227 e. The van der Waals surface area contributed by atoms with Gasteiger partial charge in [0.15, 0.2) is 0 Å². The molecule has 0 radical (unpaired) electrons. The van der Waals surface area contributed by atoms with Crippen molar-refractivity contribution in [2.24, 2.45) is 11.8 Å². The topological polar surface area (TPSA) is 29.1 Å². The van der Waals surface area contributed by atoms with Gasteiger partial charge in [-0.25, -0.2) is 0 Å². The number of para-hydroxylation sites is 1. The monoisotopic (exact) mass is 265 g/mol. The third-order valence-corrected chi connectivity index (χ3v) is 3.96. The minimum Gasteiger partial charge on any atom is -0.326 e. The number of nitrogens with one attached hydrogen (secondary N) is 1. The summed E-state index contributed by atoms with van der Waals surface area (Å²) in [5, 5.41) is 3.08. The number of benzene rings is 2. The summed E-state index contributed by atoms with van der Waals surface area (Å²) in [5.74, 6) is 0.911. The Morgan fingerprint density at radius 2 is 1.75 bits per heavy atom. The van der Waals surface area contributed by atoms with Gasteiger partial charge in [0.1, 0.15) is 0 Å². The standard InChI is InChI=1S/C18H19NO/c1-13-11-16(13)18(20)19-17-10-6-5-9-15(17)12-14-7-3-2-4-8-14/h2-10,13,16H,11-12H2,1H3,(H,19,20)/t13-,16-/m1/s1. The minimum absolute atomic E-state index is 0.165. The summed E-state index contributed by atoms with van der Waals surface area (Å²) < 4.78 is 0. The van der Waals surface area contributed by atoms with Crippen LogP contribution in [-0.4, -0.2) is 5.91 Å². The average molecular weight is 265 g/mol. The van der Waals surface area contributed by atoms with Gasteiger partial charge in [0.2, 0.25) is 5.91 Å². The van der Waals surface area contributed by atoms with Crippen molar-refractivity contribution in [3.05, 3.63) is 65.7 Å². The predicted octanol–water partition coefficient (Wildman–Crippen LogP) is 3.87. The Balaban J connectivity index is 1.76. The molecule has 0 spiro atoms. The maximum atomic E-state index is 12.1. The number of hydrogen-bond acceptors (Lipinski definition) is 1. The zero-order valence-corrected chi connectivity index (χ0v) is 11.7. The Labute approximate surface area is 119 Å². The van der Waals surface area contributed by atoms with Gasteiger partial charge >= 0.3 is 0 Å². The van der Waals surface area contributed by atoms with Gasteiger partial charge in [0.25, 0.3) is 0 Å². The minimum atomic E-state index is 0.165. The zero-order chi connectivity index (χ0) is 13.9. The van der Waals surface area contributed by atoms with Crippen LogP contribution in [0.3, 0.4) is 0 Å². The number of carbonyl (C=O) groups excluding carboxylic acids is 1. The molecule has 1 fully saturated rings. The normalized spacial score (nSPS) is 20.4. The highest BCUT2D eigenvalue weighted by atomic mass is 16.2. The third kappa shape index (κ3) is 2.90. The number of amides is 1. The smallest absolute Gasteiger partial charge is 0.227 e. The lowest BCUT2D eigenvalue weighted by Gasteiger charge is -2.11. The van der Waals surface area contributed by atoms with E-state index in [4.69, 9.17) is 0 Å². The fraction of sp³-hybridized carbons (Fsp3) is 0.278. The highest BCUT2D eigenvalue weighted by Crippen LogP contribution is 2.38. The lowest BCUT2D eigenvalue weighted by atomic mass is 10.0. The molecule has 20 heavy (non-hydrogen) atoms. The second kappa shape index (κ2) is 5.49. The van der Waals surface area contributed by atoms with Crippen LogP contribution in [0.5, 0.6) is 0 Å². The van der Waals surface area contributed by atoms with Crippen LogP contribution in [0.2, 0.25) is 0 Å². The molecule has 2 nitrogen and oxygen atoms in total. The van der Waals surface area contributed by atoms with Crippen molar-refractivity contribution in [1.29, 1.82) is 0 Å². The van der Waals surface area contributed by atoms with Crippen molar-refractivity contribution >= 4 is 11.6 Å². The molecule has 2 heteroatoms. The van der Waals surface area contributed by atoms with Crippen LogP contribution < -0.4 is 5.32 Å². The molecule has 0 bridgehead atoms. The Morgan fingerprint density at radius 1 is 1.10 bits per heavy atom. The Morgan fingerprint density at radius 3 is 2.45 bits per heavy atom. The van der Waals surface area contributed by atoms with E-state index >= 15 is 0 Å². The van der Waals surface area contributed by atoms with Crippen molar-refractivity contribution in [1.82, 2.24) is 0 Å². The van der Waals surface area contributed by atoms with Gasteiger partial charge in [-0.15, -0.1) is 0 Å². The van der Waals surface area contributed by atoms with E-state index in [-0.39, 0.29) is 11.8 Å². The highest BCUT2D eigenvalue weighted by Gasteiger charge is 2.39. The molecule has 0 unspecified atom stereocenters. The Bertz CT molecular complexity index is 606. The summed E-state index contributed by atoms with van der Waals surface area (Å²) in [7, 11) is 0. The fourth-order valence-corrected chi connectivity index (χ4v) is 2.53. The maximum absolute atomic E-state index is 12.1. The first-order valence-corrected chi connectivity index (χ1v) is 7.17. The van der Waals surface area contributed by atoms with E-state index in [0.29, 0.717) is 5.92 Å². The summed E-state index contributed by atoms with van der Waals surface area (Å²) in [4.78, 5) is 12.1. The Hall–Kier alpha value is -2.09. The molecular weight excluding hydrogens is 246 g/mol. The van der Waals surface area contributed by atoms with Crippen LogP contribution in [0.15, 0.2) is 54.6 Å². The largest absolute Gasteiger partial charge is 0.326 e. The van der Waals surface area contributed by atoms with Gasteiger partial charge in [0, 0.05) is 11.6 Å². The molecule has 0 heterocycles. The molecule has 3 rings (SSSR count). The molecule has 1 saturated carbocycles. The van der Waals surface area contributed by atoms with Gasteiger partial charge in [-0.2, -0.15) is 0 Å². The number of hydrogen-bond donors (Lipinski definition) is 1. The van der Waals surface area contributed by atoms with Gasteiger partial charge < -0.3 is 5.32 Å². The number of rotatable bonds is 4. The third-order valence-electron chi connectivity index (χ3n) is 3.96. The zero-order valence-electron chi connectivity index (χ0n) is 11.7. The number of anilines is 1. The van der Waals surface area contributed by atoms with Crippen molar-refractivity contribution in [3.8, 4) is 0 Å². The van der Waals surface area contributed by atoms with Crippen LogP contribution in [0.4, 0.5) is 5.69 Å². The molecule has 0 aliphatic heterocycles. The van der Waals surface area contributed by atoms with E-state index in [1.807, 2.05) is 36.4 Å². The second-order valence-electron chi connectivity index (χ2n) is 5.63. The van der Waals surface area contributed by atoms with Crippen LogP contribution in [0.25, 0.3) is 0 Å². The molecule has 1 amide bonds. The van der Waals surface area contributed by atoms with Gasteiger partial charge in [-0.3, -0.25) is 4.79 Å². The van der Waals surface area contributed by atoms with Crippen molar-refractivity contribution in [2.75, 3.05) is 5.32 Å². The van der Waals surface area contributed by atoms with Gasteiger partial charge in [-0.05, 0) is 36.0 Å². The molecule has 2 atom stereocenters. The van der Waals surface area contributed by atoms with Crippen molar-refractivity contribution < 1.29 is 4.79 Å². The first kappa shape index (κ1) is 12.9. The van der Waals surface area contributed by atoms with Crippen molar-refractivity contribution in [2.45, 2.75) is 19.8 Å². The van der Waals surface area contributed by atoms with Crippen LogP contribution >= 0.6 is 0 Å². The summed E-state index contributed by atoms with van der Waals surface area (Å²) in [5.41, 5.74) is 3.37. The molecule has 1 aliphatic carbocycles. The van der Waals surface area contributed by atoms with E-state index in [9.17, 15) is 4.79 Å². The van der Waals surface area contributed by atoms with E-state index in [2.05, 4.69) is 30.4 Å². The number of carbonyl (C=O) groups is 1. The molecule has 102 valence electrons. The molecule has 0 aromatic heterocycles. The molecule has 1 aliphatic rings. The lowest BCUT2D eigenvalue weighted by Crippen LogP contribution is -2.15. The van der Waals surface area contributed by atoms with E-state index in [1.165, 1.54) is 11.1 Å². The molecule has 0 saturated heterocycles. The highest BCUT2D eigenvalue weighted by molar-refractivity contribution is 5.95. The molecule has 2 aromatic rings. The Kier molecular flexibility index (Phi) is 3.55. The first-order valence-electron chi connectivity index (χ1n) is 7.17. The van der Waals surface area contributed by atoms with E-state index in [0.717, 1.165) is 18.5 Å². The summed E-state index contributed by atoms with van der Waals surface area (Å²) >= 11 is 0. The van der Waals surface area contributed by atoms with Gasteiger partial charge in [0.05, 0.1) is 0 Å².